The van der Waals surface area contributed by atoms with Gasteiger partial charge in [-0.15, -0.1) is 0 Å². The molecule has 4 heteroatoms. The van der Waals surface area contributed by atoms with Crippen LogP contribution in [0, 0.1) is 5.41 Å². The quantitative estimate of drug-likeness (QED) is 0.616. The first kappa shape index (κ1) is 12.2. The van der Waals surface area contributed by atoms with Gasteiger partial charge in [0, 0.05) is 17.9 Å². The zero-order chi connectivity index (χ0) is 13.5. The van der Waals surface area contributed by atoms with Gasteiger partial charge in [0.2, 0.25) is 0 Å². The third-order valence-corrected chi connectivity index (χ3v) is 4.22. The normalized spacial score (nSPS) is 28.7. The van der Waals surface area contributed by atoms with E-state index in [9.17, 15) is 9.59 Å². The van der Waals surface area contributed by atoms with Crippen LogP contribution in [-0.2, 0) is 14.3 Å². The number of ether oxygens (including phenoxy) is 2. The van der Waals surface area contributed by atoms with Crippen LogP contribution < -0.4 is 4.74 Å². The molecule has 0 spiro atoms. The Bertz CT molecular complexity index is 537. The summed E-state index contributed by atoms with van der Waals surface area (Å²) in [5.41, 5.74) is 0.119. The average molecular weight is 260 g/mol. The highest BCUT2D eigenvalue weighted by atomic mass is 16.5. The van der Waals surface area contributed by atoms with E-state index in [1.54, 1.807) is 0 Å². The van der Waals surface area contributed by atoms with Gasteiger partial charge >= 0.3 is 5.97 Å². The smallest absolute Gasteiger partial charge is 0.319 e. The van der Waals surface area contributed by atoms with Crippen molar-refractivity contribution < 1.29 is 19.1 Å². The maximum absolute atomic E-state index is 12.0. The van der Waals surface area contributed by atoms with Crippen molar-refractivity contribution in [3.05, 3.63) is 29.8 Å². The summed E-state index contributed by atoms with van der Waals surface area (Å²) in [6.45, 7) is 2.35. The van der Waals surface area contributed by atoms with Crippen LogP contribution in [0.4, 0.5) is 0 Å². The molecular weight excluding hydrogens is 244 g/mol. The van der Waals surface area contributed by atoms with Gasteiger partial charge in [0.25, 0.3) is 0 Å². The largest absolute Gasteiger partial charge is 0.493 e. The summed E-state index contributed by atoms with van der Waals surface area (Å²) in [4.78, 5) is 23.9. The average Bonchev–Trinajstić information content (AvgIpc) is 2.96. The van der Waals surface area contributed by atoms with Gasteiger partial charge in [-0.3, -0.25) is 9.59 Å². The summed E-state index contributed by atoms with van der Waals surface area (Å²) in [5.74, 6) is 0.479. The summed E-state index contributed by atoms with van der Waals surface area (Å²) < 4.78 is 10.6. The number of fused-ring (bicyclic) bond motifs is 1. The highest BCUT2D eigenvalue weighted by Crippen LogP contribution is 2.45. The highest BCUT2D eigenvalue weighted by Gasteiger charge is 2.50. The number of esters is 1. The number of Topliss-reactive ketones (excluding diaryl/α,β-unsaturated/α-hetero) is 1. The first-order valence-corrected chi connectivity index (χ1v) is 6.53. The first-order valence-electron chi connectivity index (χ1n) is 6.53. The summed E-state index contributed by atoms with van der Waals surface area (Å²) in [6.07, 6.45) is 0.970. The van der Waals surface area contributed by atoms with Crippen LogP contribution in [0.1, 0.15) is 31.2 Å². The van der Waals surface area contributed by atoms with Crippen molar-refractivity contribution in [2.75, 3.05) is 13.2 Å². The van der Waals surface area contributed by atoms with Crippen LogP contribution in [-0.4, -0.2) is 25.0 Å². The molecule has 1 aromatic rings. The van der Waals surface area contributed by atoms with Crippen molar-refractivity contribution in [3.63, 3.8) is 0 Å². The molecule has 1 saturated heterocycles. The minimum atomic E-state index is -0.967. The summed E-state index contributed by atoms with van der Waals surface area (Å²) in [7, 11) is 0. The lowest BCUT2D eigenvalue weighted by molar-refractivity contribution is -0.151. The SMILES string of the molecule is CC(=O)C1(CC2COc3ccccc32)CCOC1=O. The topological polar surface area (TPSA) is 52.6 Å². The molecule has 19 heavy (non-hydrogen) atoms. The van der Waals surface area contributed by atoms with E-state index in [-0.39, 0.29) is 17.7 Å². The maximum Gasteiger partial charge on any atom is 0.319 e. The Kier molecular flexibility index (Phi) is 2.81. The third-order valence-electron chi connectivity index (χ3n) is 4.22. The number of cyclic esters (lactones) is 1. The second-order valence-corrected chi connectivity index (χ2v) is 5.27. The van der Waals surface area contributed by atoms with Crippen molar-refractivity contribution in [1.29, 1.82) is 0 Å². The molecule has 0 radical (unpaired) electrons. The monoisotopic (exact) mass is 260 g/mol. The van der Waals surface area contributed by atoms with E-state index >= 15 is 0 Å². The van der Waals surface area contributed by atoms with E-state index in [0.29, 0.717) is 26.1 Å². The molecule has 4 nitrogen and oxygen atoms in total. The molecule has 0 aliphatic carbocycles. The minimum absolute atomic E-state index is 0.0887. The first-order chi connectivity index (χ1) is 9.13. The fourth-order valence-corrected chi connectivity index (χ4v) is 3.03. The van der Waals surface area contributed by atoms with Crippen LogP contribution in [0.5, 0.6) is 5.75 Å². The Morgan fingerprint density at radius 3 is 2.84 bits per heavy atom. The van der Waals surface area contributed by atoms with E-state index in [4.69, 9.17) is 9.47 Å². The Labute approximate surface area is 111 Å². The second kappa shape index (κ2) is 4.37. The van der Waals surface area contributed by atoms with E-state index in [2.05, 4.69) is 0 Å². The van der Waals surface area contributed by atoms with Gasteiger partial charge in [-0.25, -0.2) is 0 Å². The Morgan fingerprint density at radius 1 is 1.37 bits per heavy atom. The highest BCUT2D eigenvalue weighted by molar-refractivity contribution is 6.03. The van der Waals surface area contributed by atoms with Gasteiger partial charge in [0.05, 0.1) is 13.2 Å². The van der Waals surface area contributed by atoms with Crippen molar-refractivity contribution in [2.24, 2.45) is 5.41 Å². The molecule has 100 valence electrons. The molecule has 2 unspecified atom stereocenters. The van der Waals surface area contributed by atoms with Crippen molar-refractivity contribution in [2.45, 2.75) is 25.7 Å². The van der Waals surface area contributed by atoms with Gasteiger partial charge in [-0.05, 0) is 19.4 Å². The fourth-order valence-electron chi connectivity index (χ4n) is 3.03. The third kappa shape index (κ3) is 1.82. The van der Waals surface area contributed by atoms with Crippen molar-refractivity contribution >= 4 is 11.8 Å². The lowest BCUT2D eigenvalue weighted by Crippen LogP contribution is -2.36. The number of rotatable bonds is 3. The standard InChI is InChI=1S/C15H16O4/c1-10(16)15(6-7-18-14(15)17)8-11-9-19-13-5-3-2-4-12(11)13/h2-5,11H,6-9H2,1H3. The van der Waals surface area contributed by atoms with Crippen molar-refractivity contribution in [1.82, 2.24) is 0 Å². The van der Waals surface area contributed by atoms with Gasteiger partial charge in [0.15, 0.2) is 0 Å². The number of carbonyl (C=O) groups excluding carboxylic acids is 2. The fraction of sp³-hybridized carbons (Fsp3) is 0.467. The number of carbonyl (C=O) groups is 2. The number of para-hydroxylation sites is 1. The molecule has 1 fully saturated rings. The lowest BCUT2D eigenvalue weighted by Gasteiger charge is -2.24. The van der Waals surface area contributed by atoms with Crippen LogP contribution in [0.15, 0.2) is 24.3 Å². The van der Waals surface area contributed by atoms with E-state index < -0.39 is 5.41 Å². The summed E-state index contributed by atoms with van der Waals surface area (Å²) >= 11 is 0. The number of hydrogen-bond acceptors (Lipinski definition) is 4. The van der Waals surface area contributed by atoms with Crippen LogP contribution in [0.25, 0.3) is 0 Å². The predicted molar refractivity (Wildman–Crippen MR) is 68.0 cm³/mol. The van der Waals surface area contributed by atoms with E-state index in [1.807, 2.05) is 24.3 Å². The van der Waals surface area contributed by atoms with Crippen LogP contribution in [0.2, 0.25) is 0 Å². The number of hydrogen-bond donors (Lipinski definition) is 0. The zero-order valence-corrected chi connectivity index (χ0v) is 10.8. The molecule has 0 saturated carbocycles. The molecule has 2 aliphatic heterocycles. The molecule has 0 N–H and O–H groups in total. The maximum atomic E-state index is 12.0. The summed E-state index contributed by atoms with van der Waals surface area (Å²) in [5, 5.41) is 0. The van der Waals surface area contributed by atoms with Crippen LogP contribution in [0.3, 0.4) is 0 Å². The van der Waals surface area contributed by atoms with Gasteiger partial charge in [0.1, 0.15) is 16.9 Å². The molecule has 2 atom stereocenters. The van der Waals surface area contributed by atoms with Gasteiger partial charge < -0.3 is 9.47 Å². The molecule has 3 rings (SSSR count). The molecule has 2 aliphatic rings. The van der Waals surface area contributed by atoms with Crippen LogP contribution >= 0.6 is 0 Å². The molecule has 2 heterocycles. The molecule has 0 bridgehead atoms. The molecule has 0 amide bonds. The Morgan fingerprint density at radius 2 is 2.16 bits per heavy atom. The van der Waals surface area contributed by atoms with Crippen molar-refractivity contribution in [3.8, 4) is 5.75 Å². The van der Waals surface area contributed by atoms with E-state index in [0.717, 1.165) is 11.3 Å². The van der Waals surface area contributed by atoms with Gasteiger partial charge in [-0.2, -0.15) is 0 Å². The molecular formula is C15H16O4. The minimum Gasteiger partial charge on any atom is -0.493 e. The molecule has 1 aromatic carbocycles. The lowest BCUT2D eigenvalue weighted by atomic mass is 9.74. The Hall–Kier alpha value is -1.84. The Balaban J connectivity index is 1.89. The van der Waals surface area contributed by atoms with E-state index in [1.165, 1.54) is 6.92 Å². The number of benzene rings is 1. The zero-order valence-electron chi connectivity index (χ0n) is 10.8. The summed E-state index contributed by atoms with van der Waals surface area (Å²) in [6, 6.07) is 7.80. The number of ketones is 1. The van der Waals surface area contributed by atoms with Gasteiger partial charge in [-0.1, -0.05) is 18.2 Å². The molecule has 0 aromatic heterocycles. The second-order valence-electron chi connectivity index (χ2n) is 5.27. The predicted octanol–water partition coefficient (Wildman–Crippen LogP) is 2.08.